The van der Waals surface area contributed by atoms with Gasteiger partial charge in [-0.1, -0.05) is 65.9 Å². The topological polar surface area (TPSA) is 76.4 Å². The van der Waals surface area contributed by atoms with Crippen LogP contribution in [0.1, 0.15) is 50.8 Å². The highest BCUT2D eigenvalue weighted by Crippen LogP contribution is 2.41. The van der Waals surface area contributed by atoms with Crippen molar-refractivity contribution in [2.75, 3.05) is 7.11 Å². The van der Waals surface area contributed by atoms with E-state index in [0.717, 1.165) is 57.4 Å². The molecule has 39 heavy (non-hydrogen) atoms. The zero-order valence-electron chi connectivity index (χ0n) is 21.5. The number of para-hydroxylation sites is 1. The van der Waals surface area contributed by atoms with Crippen LogP contribution in [0.5, 0.6) is 0 Å². The summed E-state index contributed by atoms with van der Waals surface area (Å²) in [5, 5.41) is 1.09. The Morgan fingerprint density at radius 3 is 2.64 bits per heavy atom. The maximum absolute atomic E-state index is 14.1. The largest absolute Gasteiger partial charge is 0.465 e. The molecule has 0 saturated heterocycles. The van der Waals surface area contributed by atoms with E-state index in [1.54, 1.807) is 12.1 Å². The van der Waals surface area contributed by atoms with Crippen molar-refractivity contribution in [3.63, 3.8) is 0 Å². The first-order valence-electron chi connectivity index (χ1n) is 12.9. The van der Waals surface area contributed by atoms with E-state index in [0.29, 0.717) is 14.9 Å². The zero-order valence-corrected chi connectivity index (χ0v) is 22.3. The molecule has 1 aliphatic heterocycles. The number of carbonyl (C=O) groups is 1. The molecule has 1 N–H and O–H groups in total. The molecule has 7 rings (SSSR count). The highest BCUT2D eigenvalue weighted by molar-refractivity contribution is 7.07. The van der Waals surface area contributed by atoms with Crippen LogP contribution in [0.4, 0.5) is 0 Å². The number of ether oxygens (including phenoxy) is 1. The number of allylic oxidation sites excluding steroid dienone is 1. The Labute approximate surface area is 228 Å². The molecular weight excluding hydrogens is 506 g/mol. The Kier molecular flexibility index (Phi) is 5.49. The summed E-state index contributed by atoms with van der Waals surface area (Å²) in [5.74, 6) is -0.383. The minimum Gasteiger partial charge on any atom is -0.465 e. The number of fused-ring (bicyclic) bond motifs is 4. The molecule has 0 fully saturated rings. The number of rotatable bonds is 3. The number of benzene rings is 3. The monoisotopic (exact) mass is 531 g/mol. The van der Waals surface area contributed by atoms with Gasteiger partial charge >= 0.3 is 5.97 Å². The van der Waals surface area contributed by atoms with Gasteiger partial charge in [0.25, 0.3) is 5.56 Å². The Bertz CT molecular complexity index is 2010. The van der Waals surface area contributed by atoms with Crippen LogP contribution < -0.4 is 14.9 Å². The van der Waals surface area contributed by atoms with Gasteiger partial charge in [-0.15, -0.1) is 0 Å². The van der Waals surface area contributed by atoms with Crippen LogP contribution in [0.15, 0.2) is 88.2 Å². The number of H-pyrrole nitrogens is 1. The smallest absolute Gasteiger partial charge is 0.337 e. The molecule has 0 radical (unpaired) electrons. The molecule has 6 nitrogen and oxygen atoms in total. The normalized spacial score (nSPS) is 16.5. The van der Waals surface area contributed by atoms with E-state index in [-0.39, 0.29) is 17.6 Å². The Balaban J connectivity index is 1.47. The first kappa shape index (κ1) is 23.6. The van der Waals surface area contributed by atoms with Crippen LogP contribution in [0.2, 0.25) is 0 Å². The zero-order chi connectivity index (χ0) is 26.7. The number of aryl methyl sites for hydroxylation is 2. The molecule has 0 spiro atoms. The molecule has 0 amide bonds. The number of hydrogen-bond acceptors (Lipinski definition) is 5. The average Bonchev–Trinajstić information content (AvgIpc) is 3.46. The Morgan fingerprint density at radius 2 is 1.82 bits per heavy atom. The van der Waals surface area contributed by atoms with E-state index < -0.39 is 0 Å². The summed E-state index contributed by atoms with van der Waals surface area (Å²) in [4.78, 5) is 35.4. The van der Waals surface area contributed by atoms with Gasteiger partial charge in [0.2, 0.25) is 0 Å². The summed E-state index contributed by atoms with van der Waals surface area (Å²) in [6.45, 7) is 2.03. The number of hydrogen-bond donors (Lipinski definition) is 1. The van der Waals surface area contributed by atoms with Crippen molar-refractivity contribution in [2.24, 2.45) is 4.99 Å². The predicted molar refractivity (Wildman–Crippen MR) is 154 cm³/mol. The number of aromatic amines is 1. The fourth-order valence-corrected chi connectivity index (χ4v) is 6.84. The molecule has 192 valence electrons. The van der Waals surface area contributed by atoms with E-state index in [2.05, 4.69) is 29.2 Å². The van der Waals surface area contributed by atoms with Crippen molar-refractivity contribution in [1.82, 2.24) is 9.55 Å². The fourth-order valence-electron chi connectivity index (χ4n) is 5.86. The molecule has 1 unspecified atom stereocenters. The van der Waals surface area contributed by atoms with Crippen molar-refractivity contribution in [3.8, 4) is 0 Å². The maximum atomic E-state index is 14.1. The molecule has 2 aromatic heterocycles. The molecule has 2 aliphatic rings. The second kappa shape index (κ2) is 9.06. The third-order valence-corrected chi connectivity index (χ3v) is 8.72. The van der Waals surface area contributed by atoms with Crippen molar-refractivity contribution in [1.29, 1.82) is 0 Å². The van der Waals surface area contributed by atoms with Crippen molar-refractivity contribution in [3.05, 3.63) is 132 Å². The minimum atomic E-state index is -0.383. The Hall–Kier alpha value is -4.49. The molecule has 0 saturated carbocycles. The number of methoxy groups -OCH3 is 1. The lowest BCUT2D eigenvalue weighted by atomic mass is 9.83. The molecule has 3 aromatic carbocycles. The second-order valence-corrected chi connectivity index (χ2v) is 10.9. The average molecular weight is 532 g/mol. The predicted octanol–water partition coefficient (Wildman–Crippen LogP) is 4.90. The first-order chi connectivity index (χ1) is 19.0. The fraction of sp³-hybridized carbons (Fsp3) is 0.156. The molecular formula is C32H25N3O3S. The van der Waals surface area contributed by atoms with Crippen LogP contribution in [0.25, 0.3) is 22.7 Å². The van der Waals surface area contributed by atoms with E-state index in [1.807, 2.05) is 54.0 Å². The van der Waals surface area contributed by atoms with Crippen LogP contribution in [-0.2, 0) is 11.2 Å². The number of esters is 1. The first-order valence-corrected chi connectivity index (χ1v) is 13.7. The van der Waals surface area contributed by atoms with Crippen molar-refractivity contribution < 1.29 is 9.53 Å². The van der Waals surface area contributed by atoms with Crippen LogP contribution in [0.3, 0.4) is 0 Å². The van der Waals surface area contributed by atoms with Crippen LogP contribution in [0, 0.1) is 6.92 Å². The van der Waals surface area contributed by atoms with Gasteiger partial charge in [-0.3, -0.25) is 9.36 Å². The molecule has 3 heterocycles. The van der Waals surface area contributed by atoms with Gasteiger partial charge in [0.1, 0.15) is 0 Å². The molecule has 5 aromatic rings. The quantitative estimate of drug-likeness (QED) is 0.337. The molecule has 7 heteroatoms. The summed E-state index contributed by atoms with van der Waals surface area (Å²) < 4.78 is 7.37. The summed E-state index contributed by atoms with van der Waals surface area (Å²) in [5.41, 5.74) is 8.92. The molecule has 1 aliphatic carbocycles. The van der Waals surface area contributed by atoms with E-state index in [4.69, 9.17) is 9.73 Å². The third-order valence-electron chi connectivity index (χ3n) is 7.74. The van der Waals surface area contributed by atoms with Crippen molar-refractivity contribution in [2.45, 2.75) is 25.8 Å². The van der Waals surface area contributed by atoms with Gasteiger partial charge in [-0.05, 0) is 60.7 Å². The Morgan fingerprint density at radius 1 is 1.05 bits per heavy atom. The lowest BCUT2D eigenvalue weighted by molar-refractivity contribution is 0.0600. The van der Waals surface area contributed by atoms with Gasteiger partial charge in [-0.2, -0.15) is 0 Å². The van der Waals surface area contributed by atoms with E-state index >= 15 is 0 Å². The van der Waals surface area contributed by atoms with Crippen molar-refractivity contribution >= 4 is 40.0 Å². The van der Waals surface area contributed by atoms with Crippen LogP contribution >= 0.6 is 11.3 Å². The summed E-state index contributed by atoms with van der Waals surface area (Å²) in [7, 11) is 1.38. The standard InChI is InChI=1S/C32H25N3O3S/c1-18-25(23-9-5-6-10-26(23)33-18)17-27-30(36)35-29(20-11-13-21(14-12-20)31(37)38-2)24-16-15-19-7-3-4-8-22(19)28(24)34-32(35)39-27/h3-14,17,29,33H,15-16H2,1-2H3/b27-17+. The summed E-state index contributed by atoms with van der Waals surface area (Å²) in [6, 6.07) is 23.6. The molecule has 0 bridgehead atoms. The lowest BCUT2D eigenvalue weighted by Gasteiger charge is -2.30. The highest BCUT2D eigenvalue weighted by atomic mass is 32.1. The number of nitrogens with zero attached hydrogens (tertiary/aromatic N) is 2. The summed E-state index contributed by atoms with van der Waals surface area (Å²) >= 11 is 1.42. The number of aromatic nitrogens is 2. The lowest BCUT2D eigenvalue weighted by Crippen LogP contribution is -2.38. The van der Waals surface area contributed by atoms with Gasteiger partial charge < -0.3 is 9.72 Å². The van der Waals surface area contributed by atoms with Gasteiger partial charge in [-0.25, -0.2) is 9.79 Å². The number of nitrogens with one attached hydrogen (secondary N) is 1. The molecule has 1 atom stereocenters. The number of carbonyl (C=O) groups excluding carboxylic acids is 1. The third kappa shape index (κ3) is 3.72. The van der Waals surface area contributed by atoms with Gasteiger partial charge in [0, 0.05) is 27.7 Å². The second-order valence-electron chi connectivity index (χ2n) is 9.94. The van der Waals surface area contributed by atoms with E-state index in [9.17, 15) is 9.59 Å². The highest BCUT2D eigenvalue weighted by Gasteiger charge is 2.32. The minimum absolute atomic E-state index is 0.0594. The number of thiazole rings is 1. The SMILES string of the molecule is COC(=O)c1ccc(C2C3=C(N=c4s/c(=C/c5c(C)[nH]c6ccccc56)c(=O)n42)c2ccccc2CC3)cc1. The maximum Gasteiger partial charge on any atom is 0.337 e. The summed E-state index contributed by atoms with van der Waals surface area (Å²) in [6.07, 6.45) is 3.69. The van der Waals surface area contributed by atoms with Gasteiger partial charge in [0.05, 0.1) is 28.9 Å². The van der Waals surface area contributed by atoms with E-state index in [1.165, 1.54) is 24.0 Å². The van der Waals surface area contributed by atoms with Crippen LogP contribution in [-0.4, -0.2) is 22.6 Å². The van der Waals surface area contributed by atoms with Gasteiger partial charge in [0.15, 0.2) is 4.80 Å².